The second-order valence-electron chi connectivity index (χ2n) is 8.96. The first kappa shape index (κ1) is 25.1. The second-order valence-corrected chi connectivity index (χ2v) is 8.96. The molecule has 1 aromatic heterocycles. The Morgan fingerprint density at radius 2 is 1.82 bits per heavy atom. The monoisotopic (exact) mass is 466 g/mol. The lowest BCUT2D eigenvalue weighted by molar-refractivity contribution is -0.141. The van der Waals surface area contributed by atoms with Gasteiger partial charge in [-0.1, -0.05) is 24.6 Å². The Kier molecular flexibility index (Phi) is 7.72. The molecule has 0 saturated heterocycles. The summed E-state index contributed by atoms with van der Waals surface area (Å²) in [4.78, 5) is 16.8. The highest BCUT2D eigenvalue weighted by atomic mass is 19.4. The van der Waals surface area contributed by atoms with Crippen LogP contribution in [0.5, 0.6) is 0 Å². The molecule has 2 aromatic rings. The molecule has 1 saturated carbocycles. The van der Waals surface area contributed by atoms with Gasteiger partial charge in [0.2, 0.25) is 5.95 Å². The van der Waals surface area contributed by atoms with Gasteiger partial charge in [0, 0.05) is 18.8 Å². The zero-order valence-electron chi connectivity index (χ0n) is 19.7. The maximum atomic E-state index is 13.3. The van der Waals surface area contributed by atoms with Crippen molar-refractivity contribution in [2.75, 3.05) is 24.5 Å². The van der Waals surface area contributed by atoms with E-state index >= 15 is 0 Å². The number of benzene rings is 1. The summed E-state index contributed by atoms with van der Waals surface area (Å²) < 4.78 is 41.0. The molecule has 2 heterocycles. The van der Waals surface area contributed by atoms with Crippen molar-refractivity contribution in [1.82, 2.24) is 14.9 Å². The Balaban J connectivity index is 0.000000323. The van der Waals surface area contributed by atoms with Crippen LogP contribution in [-0.4, -0.2) is 40.3 Å². The summed E-state index contributed by atoms with van der Waals surface area (Å²) in [7, 11) is 0. The molecular weight excluding hydrogens is 433 g/mol. The largest absolute Gasteiger partial charge is 0.477 e. The van der Waals surface area contributed by atoms with Crippen LogP contribution in [0.3, 0.4) is 0 Å². The molecule has 33 heavy (non-hydrogen) atoms. The highest BCUT2D eigenvalue weighted by molar-refractivity contribution is 5.88. The van der Waals surface area contributed by atoms with Crippen LogP contribution in [0, 0.1) is 26.7 Å². The quantitative estimate of drug-likeness (QED) is 0.553. The summed E-state index contributed by atoms with van der Waals surface area (Å²) in [5.74, 6) is -0.544. The first-order valence-electron chi connectivity index (χ1n) is 11.5. The number of fused-ring (bicyclic) bond motifs is 1. The molecule has 0 radical (unpaired) electrons. The summed E-state index contributed by atoms with van der Waals surface area (Å²) in [5.41, 5.74) is 1.53. The molecule has 0 unspecified atom stereocenters. The SMILES string of the molecule is CCCNCC1CC1.Cc1cc(C)c(N2CCCn3c2nc(C(F)(F)F)c3C(=O)O)c(C)c1. The van der Waals surface area contributed by atoms with Crippen LogP contribution in [0.25, 0.3) is 0 Å². The highest BCUT2D eigenvalue weighted by Gasteiger charge is 2.43. The van der Waals surface area contributed by atoms with Crippen LogP contribution in [0.15, 0.2) is 12.1 Å². The molecule has 0 atom stereocenters. The Morgan fingerprint density at radius 1 is 1.18 bits per heavy atom. The predicted octanol–water partition coefficient (Wildman–Crippen LogP) is 5.46. The van der Waals surface area contributed by atoms with Gasteiger partial charge in [-0.05, 0) is 76.6 Å². The van der Waals surface area contributed by atoms with Gasteiger partial charge in [-0.2, -0.15) is 13.2 Å². The van der Waals surface area contributed by atoms with Crippen molar-refractivity contribution < 1.29 is 23.1 Å². The van der Waals surface area contributed by atoms with Crippen LogP contribution in [0.4, 0.5) is 24.8 Å². The van der Waals surface area contributed by atoms with Gasteiger partial charge in [0.1, 0.15) is 0 Å². The zero-order chi connectivity index (χ0) is 24.3. The number of imidazole rings is 1. The minimum atomic E-state index is -4.82. The number of halogens is 3. The van der Waals surface area contributed by atoms with E-state index < -0.39 is 23.5 Å². The van der Waals surface area contributed by atoms with E-state index in [2.05, 4.69) is 17.2 Å². The Morgan fingerprint density at radius 3 is 2.33 bits per heavy atom. The molecule has 1 aliphatic carbocycles. The molecule has 1 fully saturated rings. The summed E-state index contributed by atoms with van der Waals surface area (Å²) >= 11 is 0. The third-order valence-corrected chi connectivity index (χ3v) is 5.89. The van der Waals surface area contributed by atoms with Gasteiger partial charge >= 0.3 is 12.1 Å². The molecule has 1 aromatic carbocycles. The fourth-order valence-corrected chi connectivity index (χ4v) is 4.38. The van der Waals surface area contributed by atoms with Crippen LogP contribution < -0.4 is 10.2 Å². The minimum Gasteiger partial charge on any atom is -0.477 e. The van der Waals surface area contributed by atoms with Crippen molar-refractivity contribution >= 4 is 17.6 Å². The Bertz CT molecular complexity index is 973. The lowest BCUT2D eigenvalue weighted by Crippen LogP contribution is -2.30. The lowest BCUT2D eigenvalue weighted by Gasteiger charge is -2.32. The molecular formula is C24H33F3N4O2. The van der Waals surface area contributed by atoms with Crippen molar-refractivity contribution in [2.24, 2.45) is 5.92 Å². The average Bonchev–Trinajstić information content (AvgIpc) is 3.43. The van der Waals surface area contributed by atoms with Crippen molar-refractivity contribution in [3.05, 3.63) is 40.2 Å². The average molecular weight is 467 g/mol. The lowest BCUT2D eigenvalue weighted by atomic mass is 10.0. The van der Waals surface area contributed by atoms with E-state index in [0.29, 0.717) is 13.0 Å². The molecule has 2 aliphatic rings. The molecule has 9 heteroatoms. The number of aryl methyl sites for hydroxylation is 3. The molecule has 6 nitrogen and oxygen atoms in total. The molecule has 1 aliphatic heterocycles. The highest BCUT2D eigenvalue weighted by Crippen LogP contribution is 2.39. The van der Waals surface area contributed by atoms with Gasteiger partial charge < -0.3 is 19.9 Å². The number of nitrogens with zero attached hydrogens (tertiary/aromatic N) is 3. The number of carboxylic acids is 1. The maximum absolute atomic E-state index is 13.3. The van der Waals surface area contributed by atoms with Gasteiger partial charge in [-0.3, -0.25) is 0 Å². The molecule has 0 spiro atoms. The summed E-state index contributed by atoms with van der Waals surface area (Å²) in [6, 6.07) is 3.90. The van der Waals surface area contributed by atoms with E-state index in [1.165, 1.54) is 32.4 Å². The molecule has 182 valence electrons. The number of nitrogens with one attached hydrogen (secondary N) is 1. The van der Waals surface area contributed by atoms with Gasteiger partial charge in [0.25, 0.3) is 0 Å². The standard InChI is InChI=1S/C17H18F3N3O2.C7H15N/c1-9-7-10(2)12(11(3)8-9)22-5-4-6-23-13(15(24)25)14(17(18,19)20)21-16(22)23;1-2-5-8-6-7-3-4-7/h7-8H,4-6H2,1-3H3,(H,24,25);7-8H,2-6H2,1H3. The first-order chi connectivity index (χ1) is 15.5. The van der Waals surface area contributed by atoms with E-state index in [9.17, 15) is 23.1 Å². The Hall–Kier alpha value is -2.55. The first-order valence-corrected chi connectivity index (χ1v) is 11.5. The molecule has 0 amide bonds. The second kappa shape index (κ2) is 10.2. The van der Waals surface area contributed by atoms with Crippen molar-refractivity contribution in [3.63, 3.8) is 0 Å². The van der Waals surface area contributed by atoms with Crippen LogP contribution in [-0.2, 0) is 12.7 Å². The molecule has 0 bridgehead atoms. The van der Waals surface area contributed by atoms with Gasteiger partial charge in [-0.15, -0.1) is 0 Å². The smallest absolute Gasteiger partial charge is 0.435 e. The van der Waals surface area contributed by atoms with E-state index in [0.717, 1.165) is 32.9 Å². The van der Waals surface area contributed by atoms with E-state index in [-0.39, 0.29) is 12.5 Å². The number of aromatic nitrogens is 2. The maximum Gasteiger partial charge on any atom is 0.435 e. The van der Waals surface area contributed by atoms with Crippen LogP contribution in [0.2, 0.25) is 0 Å². The van der Waals surface area contributed by atoms with Gasteiger partial charge in [0.15, 0.2) is 11.4 Å². The molecule has 2 N–H and O–H groups in total. The normalized spacial score (nSPS) is 15.7. The minimum absolute atomic E-state index is 0.0334. The van der Waals surface area contributed by atoms with E-state index in [1.54, 1.807) is 4.90 Å². The number of hydrogen-bond acceptors (Lipinski definition) is 4. The third-order valence-electron chi connectivity index (χ3n) is 5.89. The third kappa shape index (κ3) is 5.88. The van der Waals surface area contributed by atoms with Crippen LogP contribution in [0.1, 0.15) is 65.5 Å². The number of carboxylic acid groups (broad SMARTS) is 1. The number of anilines is 2. The van der Waals surface area contributed by atoms with Crippen molar-refractivity contribution in [3.8, 4) is 0 Å². The molecule has 4 rings (SSSR count). The fraction of sp³-hybridized carbons (Fsp3) is 0.583. The van der Waals surface area contributed by atoms with Crippen molar-refractivity contribution in [1.29, 1.82) is 0 Å². The van der Waals surface area contributed by atoms with Crippen molar-refractivity contribution in [2.45, 2.75) is 66.1 Å². The predicted molar refractivity (Wildman–Crippen MR) is 122 cm³/mol. The van der Waals surface area contributed by atoms with Crippen LogP contribution >= 0.6 is 0 Å². The number of aromatic carboxylic acids is 1. The fourth-order valence-electron chi connectivity index (χ4n) is 4.38. The number of hydrogen-bond donors (Lipinski definition) is 2. The summed E-state index contributed by atoms with van der Waals surface area (Å²) in [5, 5.41) is 12.7. The zero-order valence-corrected chi connectivity index (χ0v) is 19.7. The topological polar surface area (TPSA) is 70.4 Å². The summed E-state index contributed by atoms with van der Waals surface area (Å²) in [6.07, 6.45) is -0.0745. The number of rotatable bonds is 6. The van der Waals surface area contributed by atoms with E-state index in [4.69, 9.17) is 0 Å². The van der Waals surface area contributed by atoms with E-state index in [1.807, 2.05) is 32.9 Å². The summed E-state index contributed by atoms with van der Waals surface area (Å²) in [6.45, 7) is 11.1. The van der Waals surface area contributed by atoms with Gasteiger partial charge in [-0.25, -0.2) is 9.78 Å². The number of alkyl halides is 3. The Labute approximate surface area is 192 Å². The van der Waals surface area contributed by atoms with Gasteiger partial charge in [0.05, 0.1) is 0 Å². The number of carbonyl (C=O) groups is 1.